The Morgan fingerprint density at radius 3 is 1.81 bits per heavy atom. The summed E-state index contributed by atoms with van der Waals surface area (Å²) < 4.78 is 41.4. The molecule has 1 spiro atoms. The molecule has 11 atom stereocenters. The van der Waals surface area contributed by atoms with Crippen molar-refractivity contribution in [2.24, 2.45) is 17.3 Å². The molecule has 0 radical (unpaired) electrons. The number of rotatable bonds is 5. The number of carbonyl (C=O) groups is 6. The second-order valence-electron chi connectivity index (χ2n) is 12.4. The third-order valence-corrected chi connectivity index (χ3v) is 9.32. The quantitative estimate of drug-likeness (QED) is 0.193. The van der Waals surface area contributed by atoms with Gasteiger partial charge in [0.25, 0.3) is 0 Å². The van der Waals surface area contributed by atoms with Crippen LogP contribution < -0.4 is 0 Å². The van der Waals surface area contributed by atoms with E-state index in [9.17, 15) is 28.8 Å². The van der Waals surface area contributed by atoms with E-state index in [2.05, 4.69) is 0 Å². The van der Waals surface area contributed by atoms with Gasteiger partial charge in [-0.15, -0.1) is 0 Å². The summed E-state index contributed by atoms with van der Waals surface area (Å²) in [5, 5.41) is 0. The Morgan fingerprint density at radius 1 is 0.791 bits per heavy atom. The van der Waals surface area contributed by atoms with Gasteiger partial charge < -0.3 is 33.2 Å². The van der Waals surface area contributed by atoms with E-state index < -0.39 is 101 Å². The molecule has 0 aromatic carbocycles. The molecule has 238 valence electrons. The van der Waals surface area contributed by atoms with Crippen molar-refractivity contribution >= 4 is 35.8 Å². The molecule has 2 saturated heterocycles. The second kappa shape index (κ2) is 11.2. The molecule has 0 amide bonds. The zero-order valence-electron chi connectivity index (χ0n) is 25.9. The minimum Gasteiger partial charge on any atom is -0.462 e. The van der Waals surface area contributed by atoms with Gasteiger partial charge in [-0.05, 0) is 19.9 Å². The maximum absolute atomic E-state index is 13.2. The van der Waals surface area contributed by atoms with Gasteiger partial charge in [0.05, 0.1) is 5.41 Å². The molecular weight excluding hydrogens is 568 g/mol. The molecule has 4 aliphatic rings. The molecular formula is C30H40O13. The molecule has 0 aromatic heterocycles. The number of hydrogen-bond acceptors (Lipinski definition) is 13. The molecule has 1 saturated carbocycles. The van der Waals surface area contributed by atoms with Crippen LogP contribution in [0.25, 0.3) is 0 Å². The molecule has 0 unspecified atom stereocenters. The van der Waals surface area contributed by atoms with Crippen LogP contribution in [0.4, 0.5) is 0 Å². The number of hydrogen-bond donors (Lipinski definition) is 0. The zero-order valence-corrected chi connectivity index (χ0v) is 25.9. The van der Waals surface area contributed by atoms with Gasteiger partial charge in [0.15, 0.2) is 17.3 Å². The summed E-state index contributed by atoms with van der Waals surface area (Å²) >= 11 is 0. The smallest absolute Gasteiger partial charge is 0.342 e. The molecule has 2 aliphatic heterocycles. The van der Waals surface area contributed by atoms with Crippen molar-refractivity contribution in [3.63, 3.8) is 0 Å². The van der Waals surface area contributed by atoms with Crippen LogP contribution in [0.1, 0.15) is 75.2 Å². The molecule has 2 aliphatic carbocycles. The van der Waals surface area contributed by atoms with Gasteiger partial charge in [0.2, 0.25) is 0 Å². The van der Waals surface area contributed by atoms with E-state index in [1.165, 1.54) is 34.6 Å². The molecule has 0 N–H and O–H groups in total. The Bertz CT molecular complexity index is 1260. The topological polar surface area (TPSA) is 170 Å². The number of carbonyl (C=O) groups excluding carboxylic acids is 6. The highest BCUT2D eigenvalue weighted by Gasteiger charge is 2.87. The summed E-state index contributed by atoms with van der Waals surface area (Å²) in [4.78, 5) is 75.9. The minimum absolute atomic E-state index is 0.0104. The minimum atomic E-state index is -1.52. The van der Waals surface area contributed by atoms with Gasteiger partial charge in [-0.3, -0.25) is 24.0 Å². The van der Waals surface area contributed by atoms with Crippen LogP contribution in [0.3, 0.4) is 0 Å². The lowest BCUT2D eigenvalue weighted by molar-refractivity contribution is -0.247. The van der Waals surface area contributed by atoms with E-state index in [0.29, 0.717) is 5.57 Å². The largest absolute Gasteiger partial charge is 0.462 e. The highest BCUT2D eigenvalue weighted by atomic mass is 16.7. The third-order valence-electron chi connectivity index (χ3n) is 9.32. The lowest BCUT2D eigenvalue weighted by Crippen LogP contribution is -2.68. The lowest BCUT2D eigenvalue weighted by Gasteiger charge is -2.57. The number of fused-ring (bicyclic) bond motifs is 1. The first-order valence-corrected chi connectivity index (χ1v) is 14.3. The number of ether oxygens (including phenoxy) is 7. The van der Waals surface area contributed by atoms with Crippen LogP contribution in [0.2, 0.25) is 0 Å². The van der Waals surface area contributed by atoms with Crippen LogP contribution in [-0.2, 0) is 61.9 Å². The molecule has 3 fully saturated rings. The highest BCUT2D eigenvalue weighted by Crippen LogP contribution is 2.66. The SMILES string of the molecule is CC(=O)O[C@H]1C[C@H](OC(C)=O)[C@@]2(C)[C@H]([C@H]1C)[C@@H](OC(C)=O)[C@]13O[C@@]1(C)C(=O)O[C@H]3/C=C(/C)C[C@H](OC(C)=O)[C@H]2OC(C)=O. The predicted molar refractivity (Wildman–Crippen MR) is 144 cm³/mol. The maximum atomic E-state index is 13.2. The number of esters is 6. The van der Waals surface area contributed by atoms with Crippen molar-refractivity contribution in [2.45, 2.75) is 123 Å². The Morgan fingerprint density at radius 2 is 1.30 bits per heavy atom. The summed E-state index contributed by atoms with van der Waals surface area (Å²) in [6, 6.07) is 0. The average Bonchev–Trinajstić information content (AvgIpc) is 3.44. The number of epoxide rings is 1. The van der Waals surface area contributed by atoms with Crippen LogP contribution in [0.5, 0.6) is 0 Å². The summed E-state index contributed by atoms with van der Waals surface area (Å²) in [5.41, 5.74) is -3.89. The lowest BCUT2D eigenvalue weighted by atomic mass is 9.52. The average molecular weight is 609 g/mol. The first-order chi connectivity index (χ1) is 19.9. The van der Waals surface area contributed by atoms with Gasteiger partial charge in [-0.25, -0.2) is 4.79 Å². The summed E-state index contributed by atoms with van der Waals surface area (Å²) in [7, 11) is 0. The fourth-order valence-corrected chi connectivity index (χ4v) is 7.67. The monoisotopic (exact) mass is 608 g/mol. The standard InChI is InChI=1S/C30H40O13/c1-13-10-21(38-16(4)32)25(40-18(6)34)28(8)22(39-17(5)33)12-20(37-15(3)31)14(2)24(28)26(41-19(7)35)30-23(11-13)42-27(36)29(30,9)43-30/h11,14,20-26H,10,12H2,1-9H3/b13-11-/t14-,20-,21-,22-,23-,24+,25+,26+,28-,29-,30-/m0/s1. The van der Waals surface area contributed by atoms with Crippen molar-refractivity contribution < 1.29 is 61.9 Å². The summed E-state index contributed by atoms with van der Waals surface area (Å²) in [6.45, 7) is 12.8. The van der Waals surface area contributed by atoms with E-state index in [4.69, 9.17) is 33.2 Å². The van der Waals surface area contributed by atoms with Gasteiger partial charge in [-0.1, -0.05) is 19.4 Å². The van der Waals surface area contributed by atoms with Crippen LogP contribution in [-0.4, -0.2) is 83.6 Å². The second-order valence-corrected chi connectivity index (χ2v) is 12.4. The van der Waals surface area contributed by atoms with Crippen molar-refractivity contribution in [1.82, 2.24) is 0 Å². The van der Waals surface area contributed by atoms with Crippen molar-refractivity contribution in [3.8, 4) is 0 Å². The normalized spacial score (nSPS) is 42.7. The fourth-order valence-electron chi connectivity index (χ4n) is 7.67. The predicted octanol–water partition coefficient (Wildman–Crippen LogP) is 2.11. The Balaban J connectivity index is 2.09. The van der Waals surface area contributed by atoms with E-state index in [1.54, 1.807) is 33.8 Å². The summed E-state index contributed by atoms with van der Waals surface area (Å²) in [5.74, 6) is -5.64. The molecule has 0 bridgehead atoms. The molecule has 4 rings (SSSR count). The van der Waals surface area contributed by atoms with Crippen LogP contribution in [0, 0.1) is 17.3 Å². The van der Waals surface area contributed by atoms with E-state index in [1.807, 2.05) is 0 Å². The van der Waals surface area contributed by atoms with E-state index >= 15 is 0 Å². The van der Waals surface area contributed by atoms with Crippen molar-refractivity contribution in [2.75, 3.05) is 0 Å². The Kier molecular flexibility index (Phi) is 8.46. The van der Waals surface area contributed by atoms with Gasteiger partial charge in [0, 0.05) is 59.3 Å². The first kappa shape index (κ1) is 32.4. The maximum Gasteiger partial charge on any atom is 0.342 e. The first-order valence-electron chi connectivity index (χ1n) is 14.3. The summed E-state index contributed by atoms with van der Waals surface area (Å²) in [6.07, 6.45) is -4.94. The molecule has 13 nitrogen and oxygen atoms in total. The fraction of sp³-hybridized carbons (Fsp3) is 0.733. The molecule has 0 aromatic rings. The van der Waals surface area contributed by atoms with Gasteiger partial charge >= 0.3 is 35.8 Å². The Hall–Kier alpha value is -3.48. The van der Waals surface area contributed by atoms with Crippen molar-refractivity contribution in [3.05, 3.63) is 11.6 Å². The van der Waals surface area contributed by atoms with Gasteiger partial charge in [0.1, 0.15) is 30.5 Å². The molecule has 2 heterocycles. The molecule has 43 heavy (non-hydrogen) atoms. The third kappa shape index (κ3) is 5.40. The molecule has 13 heteroatoms. The highest BCUT2D eigenvalue weighted by molar-refractivity contribution is 5.89. The zero-order chi connectivity index (χ0) is 32.2. The van der Waals surface area contributed by atoms with Gasteiger partial charge in [-0.2, -0.15) is 0 Å². The Labute approximate surface area is 249 Å². The van der Waals surface area contributed by atoms with Crippen LogP contribution >= 0.6 is 0 Å². The van der Waals surface area contributed by atoms with E-state index in [-0.39, 0.29) is 12.8 Å². The van der Waals surface area contributed by atoms with E-state index in [0.717, 1.165) is 0 Å². The van der Waals surface area contributed by atoms with Crippen LogP contribution in [0.15, 0.2) is 11.6 Å². The van der Waals surface area contributed by atoms with Crippen molar-refractivity contribution in [1.29, 1.82) is 0 Å².